The molecule has 1 saturated heterocycles. The zero-order chi connectivity index (χ0) is 32.0. The molecule has 4 aromatic rings. The molecular formula is C36H43N5O4. The molecule has 2 aromatic heterocycles. The molecule has 0 radical (unpaired) electrons. The summed E-state index contributed by atoms with van der Waals surface area (Å²) in [7, 11) is 0. The van der Waals surface area contributed by atoms with Gasteiger partial charge in [0.25, 0.3) is 11.8 Å². The molecule has 0 unspecified atom stereocenters. The standard InChI is InChI=1S/C36H43N5O4/c1-24-23-45-34(39-24)31-14-9-15-41(31)35(44)28-18-27(20-38-21-28)33(43)40-30(17-25-10-6-5-7-11-25)32(42)22-37-19-26-12-8-13-29(16-26)36(2,3)4/h5-8,10-13,16,18,20-21,23,30-32,37,42H,9,14-15,17,19,22H2,1-4H3,(H,40,43)/t30-,31+,32+/m0/s1. The van der Waals surface area contributed by atoms with E-state index in [0.29, 0.717) is 31.0 Å². The van der Waals surface area contributed by atoms with E-state index in [1.165, 1.54) is 18.0 Å². The van der Waals surface area contributed by atoms with Crippen molar-refractivity contribution in [1.29, 1.82) is 0 Å². The van der Waals surface area contributed by atoms with Crippen molar-refractivity contribution >= 4 is 11.8 Å². The Morgan fingerprint density at radius 3 is 2.53 bits per heavy atom. The average molecular weight is 610 g/mol. The SMILES string of the molecule is Cc1coc([C@H]2CCCN2C(=O)c2cncc(C(=O)N[C@@H](Cc3ccccc3)[C@H](O)CNCc3cccc(C(C)(C)C)c3)c2)n1. The number of carbonyl (C=O) groups excluding carboxylic acids is 2. The number of aliphatic hydroxyl groups is 1. The summed E-state index contributed by atoms with van der Waals surface area (Å²) in [5.74, 6) is -0.110. The summed E-state index contributed by atoms with van der Waals surface area (Å²) in [6, 6.07) is 18.9. The fourth-order valence-electron chi connectivity index (χ4n) is 5.70. The maximum atomic E-state index is 13.5. The Balaban J connectivity index is 1.26. The number of carbonyl (C=O) groups is 2. The summed E-state index contributed by atoms with van der Waals surface area (Å²) in [5.41, 5.74) is 4.75. The van der Waals surface area contributed by atoms with Gasteiger partial charge in [-0.25, -0.2) is 4.98 Å². The molecule has 2 aromatic carbocycles. The highest BCUT2D eigenvalue weighted by atomic mass is 16.3. The van der Waals surface area contributed by atoms with Crippen LogP contribution < -0.4 is 10.6 Å². The first-order valence-electron chi connectivity index (χ1n) is 15.6. The Labute approximate surface area is 265 Å². The molecular weight excluding hydrogens is 566 g/mol. The Morgan fingerprint density at radius 1 is 1.04 bits per heavy atom. The first-order chi connectivity index (χ1) is 21.6. The number of amides is 2. The fraction of sp³-hybridized carbons (Fsp3) is 0.389. The van der Waals surface area contributed by atoms with E-state index in [9.17, 15) is 14.7 Å². The monoisotopic (exact) mass is 609 g/mol. The number of aliphatic hydroxyl groups excluding tert-OH is 1. The maximum absolute atomic E-state index is 13.5. The number of pyridine rings is 1. The summed E-state index contributed by atoms with van der Waals surface area (Å²) in [4.78, 5) is 37.4. The van der Waals surface area contributed by atoms with Gasteiger partial charge in [0.05, 0.1) is 29.0 Å². The second-order valence-corrected chi connectivity index (χ2v) is 12.9. The van der Waals surface area contributed by atoms with Crippen molar-refractivity contribution in [2.45, 2.75) is 77.1 Å². The molecule has 5 rings (SSSR count). The summed E-state index contributed by atoms with van der Waals surface area (Å²) >= 11 is 0. The molecule has 3 atom stereocenters. The van der Waals surface area contributed by atoms with E-state index in [4.69, 9.17) is 4.42 Å². The van der Waals surface area contributed by atoms with Crippen LogP contribution in [-0.2, 0) is 18.4 Å². The number of hydrogen-bond acceptors (Lipinski definition) is 7. The molecule has 0 aliphatic carbocycles. The van der Waals surface area contributed by atoms with Gasteiger partial charge < -0.3 is 25.1 Å². The normalized spacial score (nSPS) is 16.4. The molecule has 0 saturated carbocycles. The molecule has 3 N–H and O–H groups in total. The van der Waals surface area contributed by atoms with Crippen LogP contribution in [0.15, 0.2) is 83.7 Å². The largest absolute Gasteiger partial charge is 0.446 e. The van der Waals surface area contributed by atoms with Crippen molar-refractivity contribution in [2.75, 3.05) is 13.1 Å². The zero-order valence-corrected chi connectivity index (χ0v) is 26.5. The van der Waals surface area contributed by atoms with Gasteiger partial charge in [-0.3, -0.25) is 14.6 Å². The highest BCUT2D eigenvalue weighted by Gasteiger charge is 2.34. The van der Waals surface area contributed by atoms with Gasteiger partial charge in [0.2, 0.25) is 5.89 Å². The van der Waals surface area contributed by atoms with Gasteiger partial charge in [-0.15, -0.1) is 0 Å². The number of aryl methyl sites for hydroxylation is 1. The maximum Gasteiger partial charge on any atom is 0.256 e. The number of likely N-dealkylation sites (tertiary alicyclic amines) is 1. The lowest BCUT2D eigenvalue weighted by Crippen LogP contribution is -2.48. The lowest BCUT2D eigenvalue weighted by atomic mass is 9.86. The fourth-order valence-corrected chi connectivity index (χ4v) is 5.70. The van der Waals surface area contributed by atoms with Crippen LogP contribution in [0.25, 0.3) is 0 Å². The zero-order valence-electron chi connectivity index (χ0n) is 26.5. The molecule has 9 heteroatoms. The number of oxazole rings is 1. The Hall–Kier alpha value is -4.34. The molecule has 236 valence electrons. The molecule has 1 aliphatic rings. The van der Waals surface area contributed by atoms with E-state index in [-0.39, 0.29) is 29.5 Å². The highest BCUT2D eigenvalue weighted by molar-refractivity contribution is 5.99. The van der Waals surface area contributed by atoms with E-state index >= 15 is 0 Å². The van der Waals surface area contributed by atoms with Crippen LogP contribution in [0.3, 0.4) is 0 Å². The number of nitrogens with zero attached hydrogens (tertiary/aromatic N) is 3. The van der Waals surface area contributed by atoms with Crippen molar-refractivity contribution in [2.24, 2.45) is 0 Å². The minimum Gasteiger partial charge on any atom is -0.446 e. The van der Waals surface area contributed by atoms with Crippen LogP contribution in [-0.4, -0.2) is 57.0 Å². The minimum absolute atomic E-state index is 0.0449. The van der Waals surface area contributed by atoms with Gasteiger partial charge in [0.15, 0.2) is 0 Å². The topological polar surface area (TPSA) is 121 Å². The third kappa shape index (κ3) is 8.23. The van der Waals surface area contributed by atoms with Gasteiger partial charge in [0, 0.05) is 32.0 Å². The molecule has 9 nitrogen and oxygen atoms in total. The molecule has 1 fully saturated rings. The van der Waals surface area contributed by atoms with E-state index in [1.807, 2.05) is 37.3 Å². The highest BCUT2D eigenvalue weighted by Crippen LogP contribution is 2.32. The molecule has 0 bridgehead atoms. The van der Waals surface area contributed by atoms with Gasteiger partial charge >= 0.3 is 0 Å². The van der Waals surface area contributed by atoms with Crippen molar-refractivity contribution in [3.63, 3.8) is 0 Å². The van der Waals surface area contributed by atoms with Crippen molar-refractivity contribution in [3.8, 4) is 0 Å². The average Bonchev–Trinajstić information content (AvgIpc) is 3.70. The summed E-state index contributed by atoms with van der Waals surface area (Å²) in [5, 5.41) is 17.7. The first kappa shape index (κ1) is 32.1. The van der Waals surface area contributed by atoms with E-state index in [0.717, 1.165) is 29.7 Å². The van der Waals surface area contributed by atoms with Crippen molar-refractivity contribution in [3.05, 3.63) is 119 Å². The molecule has 0 spiro atoms. The third-order valence-corrected chi connectivity index (χ3v) is 8.24. The first-order valence-corrected chi connectivity index (χ1v) is 15.6. The number of rotatable bonds is 11. The van der Waals surface area contributed by atoms with Crippen LogP contribution in [0.4, 0.5) is 0 Å². The van der Waals surface area contributed by atoms with Crippen molar-refractivity contribution < 1.29 is 19.1 Å². The molecule has 45 heavy (non-hydrogen) atoms. The van der Waals surface area contributed by atoms with E-state index in [2.05, 4.69) is 65.6 Å². The predicted octanol–water partition coefficient (Wildman–Crippen LogP) is 5.14. The predicted molar refractivity (Wildman–Crippen MR) is 173 cm³/mol. The second-order valence-electron chi connectivity index (χ2n) is 12.9. The van der Waals surface area contributed by atoms with Crippen LogP contribution in [0.1, 0.15) is 88.6 Å². The van der Waals surface area contributed by atoms with Crippen molar-refractivity contribution in [1.82, 2.24) is 25.5 Å². The summed E-state index contributed by atoms with van der Waals surface area (Å²) in [6.07, 6.45) is 5.67. The van der Waals surface area contributed by atoms with Crippen LogP contribution >= 0.6 is 0 Å². The van der Waals surface area contributed by atoms with Gasteiger partial charge in [-0.2, -0.15) is 0 Å². The van der Waals surface area contributed by atoms with Gasteiger partial charge in [0.1, 0.15) is 12.3 Å². The lowest BCUT2D eigenvalue weighted by Gasteiger charge is -2.25. The van der Waals surface area contributed by atoms with Gasteiger partial charge in [-0.05, 0) is 54.4 Å². The van der Waals surface area contributed by atoms with E-state index < -0.39 is 18.1 Å². The molecule has 2 amide bonds. The molecule has 1 aliphatic heterocycles. The third-order valence-electron chi connectivity index (χ3n) is 8.24. The smallest absolute Gasteiger partial charge is 0.256 e. The summed E-state index contributed by atoms with van der Waals surface area (Å²) < 4.78 is 5.60. The van der Waals surface area contributed by atoms with Gasteiger partial charge in [-0.1, -0.05) is 75.4 Å². The summed E-state index contributed by atoms with van der Waals surface area (Å²) in [6.45, 7) is 9.84. The number of nitrogens with one attached hydrogen (secondary N) is 2. The lowest BCUT2D eigenvalue weighted by molar-refractivity contribution is 0.0715. The number of aromatic nitrogens is 2. The van der Waals surface area contributed by atoms with E-state index in [1.54, 1.807) is 17.2 Å². The quantitative estimate of drug-likeness (QED) is 0.215. The number of hydrogen-bond donors (Lipinski definition) is 3. The Kier molecular flexibility index (Phi) is 10.1. The Morgan fingerprint density at radius 2 is 1.80 bits per heavy atom. The van der Waals surface area contributed by atoms with Crippen LogP contribution in [0, 0.1) is 6.92 Å². The Bertz CT molecular complexity index is 1600. The molecule has 3 heterocycles. The van der Waals surface area contributed by atoms with Crippen LogP contribution in [0.5, 0.6) is 0 Å². The number of benzene rings is 2. The minimum atomic E-state index is -0.868. The van der Waals surface area contributed by atoms with Crippen LogP contribution in [0.2, 0.25) is 0 Å². The second kappa shape index (κ2) is 14.2.